The molecule has 86 valence electrons. The van der Waals surface area contributed by atoms with E-state index >= 15 is 0 Å². The van der Waals surface area contributed by atoms with Crippen molar-refractivity contribution < 1.29 is 14.2 Å². The molecular weight excluding hydrogens is 232 g/mol. The van der Waals surface area contributed by atoms with Gasteiger partial charge in [-0.2, -0.15) is 0 Å². The van der Waals surface area contributed by atoms with Gasteiger partial charge in [-0.05, 0) is 24.6 Å². The Labute approximate surface area is 98.7 Å². The predicted molar refractivity (Wildman–Crippen MR) is 63.4 cm³/mol. The van der Waals surface area contributed by atoms with Crippen molar-refractivity contribution in [2.24, 2.45) is 0 Å². The number of hydrogen-bond acceptors (Lipinski definition) is 5. The molecule has 5 heteroatoms. The minimum absolute atomic E-state index is 0.535. The summed E-state index contributed by atoms with van der Waals surface area (Å²) in [5.74, 6) is -1.05. The van der Waals surface area contributed by atoms with Crippen LogP contribution in [0.25, 0.3) is 0 Å². The minimum Gasteiger partial charge on any atom is -0.326 e. The maximum Gasteiger partial charge on any atom is 0.322 e. The molecule has 3 nitrogen and oxygen atoms in total. The zero-order valence-corrected chi connectivity index (χ0v) is 11.0. The maximum atomic E-state index is 5.57. The van der Waals surface area contributed by atoms with Gasteiger partial charge in [-0.15, -0.1) is 23.1 Å². The topological polar surface area (TPSA) is 27.7 Å². The van der Waals surface area contributed by atoms with Crippen molar-refractivity contribution in [3.8, 4) is 0 Å². The number of rotatable bonds is 6. The lowest BCUT2D eigenvalue weighted by Gasteiger charge is -2.29. The van der Waals surface area contributed by atoms with Crippen molar-refractivity contribution in [1.82, 2.24) is 0 Å². The van der Waals surface area contributed by atoms with E-state index < -0.39 is 5.97 Å². The van der Waals surface area contributed by atoms with Gasteiger partial charge in [0.1, 0.15) is 4.88 Å². The summed E-state index contributed by atoms with van der Waals surface area (Å²) in [4.78, 5) is 2.08. The zero-order valence-electron chi connectivity index (χ0n) is 9.40. The molecule has 0 saturated carbocycles. The van der Waals surface area contributed by atoms with E-state index in [1.807, 2.05) is 24.6 Å². The lowest BCUT2D eigenvalue weighted by Crippen LogP contribution is -2.33. The average molecular weight is 248 g/mol. The Balaban J connectivity index is 3.07. The summed E-state index contributed by atoms with van der Waals surface area (Å²) in [5.41, 5.74) is 0. The highest BCUT2D eigenvalue weighted by molar-refractivity contribution is 7.98. The van der Waals surface area contributed by atoms with Crippen LogP contribution in [0.5, 0.6) is 0 Å². The van der Waals surface area contributed by atoms with Crippen LogP contribution in [0.2, 0.25) is 0 Å². The van der Waals surface area contributed by atoms with E-state index in [4.69, 9.17) is 14.2 Å². The third-order valence-corrected chi connectivity index (χ3v) is 3.89. The second-order valence-electron chi connectivity index (χ2n) is 2.72. The molecule has 0 bridgehead atoms. The summed E-state index contributed by atoms with van der Waals surface area (Å²) in [6.07, 6.45) is 2.02. The Morgan fingerprint density at radius 3 is 2.53 bits per heavy atom. The maximum absolute atomic E-state index is 5.57. The second kappa shape index (κ2) is 5.86. The molecule has 0 aliphatic heterocycles. The van der Waals surface area contributed by atoms with Crippen LogP contribution >= 0.6 is 23.1 Å². The smallest absolute Gasteiger partial charge is 0.322 e. The zero-order chi connectivity index (χ0) is 11.3. The van der Waals surface area contributed by atoms with Gasteiger partial charge in [0, 0.05) is 19.1 Å². The third kappa shape index (κ3) is 2.54. The van der Waals surface area contributed by atoms with Gasteiger partial charge in [-0.25, -0.2) is 0 Å². The number of thioether (sulfide) groups is 1. The molecule has 15 heavy (non-hydrogen) atoms. The number of hydrogen-bond donors (Lipinski definition) is 0. The van der Waals surface area contributed by atoms with Crippen LogP contribution in [0.15, 0.2) is 16.3 Å². The van der Waals surface area contributed by atoms with Gasteiger partial charge in [0.15, 0.2) is 0 Å². The van der Waals surface area contributed by atoms with E-state index in [1.54, 1.807) is 37.3 Å². The van der Waals surface area contributed by atoms with E-state index in [2.05, 4.69) is 0 Å². The summed E-state index contributed by atoms with van der Waals surface area (Å²) in [6.45, 7) is 2.45. The third-order valence-electron chi connectivity index (χ3n) is 2.00. The van der Waals surface area contributed by atoms with Gasteiger partial charge in [-0.3, -0.25) is 0 Å². The normalized spacial score (nSPS) is 12.0. The van der Waals surface area contributed by atoms with E-state index in [1.165, 1.54) is 0 Å². The monoisotopic (exact) mass is 248 g/mol. The highest BCUT2D eigenvalue weighted by Gasteiger charge is 2.36. The SMILES string of the molecule is CCOC(OC)(OC)c1sccc1SC. The van der Waals surface area contributed by atoms with Crippen LogP contribution in [-0.2, 0) is 20.2 Å². The number of methoxy groups -OCH3 is 2. The standard InChI is InChI=1S/C10H16O3S2/c1-5-13-10(11-2,12-3)9-8(14-4)6-7-15-9/h6-7H,5H2,1-4H3. The first-order valence-corrected chi connectivity index (χ1v) is 6.70. The van der Waals surface area contributed by atoms with E-state index in [0.717, 1.165) is 9.77 Å². The molecule has 0 unspecified atom stereocenters. The highest BCUT2D eigenvalue weighted by atomic mass is 32.2. The van der Waals surface area contributed by atoms with Crippen LogP contribution in [0.1, 0.15) is 11.8 Å². The molecule has 1 rings (SSSR count). The quantitative estimate of drug-likeness (QED) is 0.571. The lowest BCUT2D eigenvalue weighted by molar-refractivity contribution is -0.372. The number of thiophene rings is 1. The molecule has 0 amide bonds. The molecule has 0 N–H and O–H groups in total. The Morgan fingerprint density at radius 1 is 1.40 bits per heavy atom. The molecule has 1 aromatic rings. The van der Waals surface area contributed by atoms with E-state index in [0.29, 0.717) is 6.61 Å². The molecule has 0 radical (unpaired) electrons. The fourth-order valence-electron chi connectivity index (χ4n) is 1.32. The molecule has 0 atom stereocenters. The van der Waals surface area contributed by atoms with Gasteiger partial charge >= 0.3 is 5.97 Å². The van der Waals surface area contributed by atoms with Crippen molar-refractivity contribution in [3.05, 3.63) is 16.3 Å². The Hall–Kier alpha value is -0.0700. The highest BCUT2D eigenvalue weighted by Crippen LogP contribution is 2.38. The lowest BCUT2D eigenvalue weighted by atomic mass is 10.4. The first-order chi connectivity index (χ1) is 7.24. The molecule has 0 fully saturated rings. The van der Waals surface area contributed by atoms with Crippen molar-refractivity contribution in [1.29, 1.82) is 0 Å². The molecule has 1 heterocycles. The molecular formula is C10H16O3S2. The number of ether oxygens (including phenoxy) is 3. The Kier molecular flexibility index (Phi) is 5.08. The molecule has 0 aliphatic rings. The van der Waals surface area contributed by atoms with E-state index in [-0.39, 0.29) is 0 Å². The summed E-state index contributed by atoms with van der Waals surface area (Å²) < 4.78 is 16.3. The Morgan fingerprint density at radius 2 is 2.07 bits per heavy atom. The summed E-state index contributed by atoms with van der Waals surface area (Å²) >= 11 is 3.23. The van der Waals surface area contributed by atoms with Crippen molar-refractivity contribution in [3.63, 3.8) is 0 Å². The van der Waals surface area contributed by atoms with Gasteiger partial charge in [0.25, 0.3) is 0 Å². The van der Waals surface area contributed by atoms with Crippen LogP contribution in [-0.4, -0.2) is 27.1 Å². The van der Waals surface area contributed by atoms with Gasteiger partial charge in [0.05, 0.1) is 6.61 Å². The van der Waals surface area contributed by atoms with Crippen LogP contribution < -0.4 is 0 Å². The van der Waals surface area contributed by atoms with Crippen LogP contribution in [0.4, 0.5) is 0 Å². The molecule has 0 spiro atoms. The van der Waals surface area contributed by atoms with Gasteiger partial charge in [-0.1, -0.05) is 0 Å². The minimum atomic E-state index is -1.05. The Bertz CT molecular complexity index is 295. The van der Waals surface area contributed by atoms with E-state index in [9.17, 15) is 0 Å². The fourth-order valence-corrected chi connectivity index (χ4v) is 3.21. The molecule has 0 aromatic carbocycles. The first kappa shape index (κ1) is 13.0. The largest absolute Gasteiger partial charge is 0.326 e. The molecule has 0 saturated heterocycles. The predicted octanol–water partition coefficient (Wildman–Crippen LogP) is 2.91. The van der Waals surface area contributed by atoms with Crippen molar-refractivity contribution in [2.75, 3.05) is 27.1 Å². The van der Waals surface area contributed by atoms with Crippen LogP contribution in [0.3, 0.4) is 0 Å². The molecule has 1 aromatic heterocycles. The van der Waals surface area contributed by atoms with Crippen molar-refractivity contribution >= 4 is 23.1 Å². The average Bonchev–Trinajstić information content (AvgIpc) is 2.74. The molecule has 0 aliphatic carbocycles. The first-order valence-electron chi connectivity index (χ1n) is 4.60. The van der Waals surface area contributed by atoms with Crippen LogP contribution in [0, 0.1) is 0 Å². The second-order valence-corrected chi connectivity index (χ2v) is 4.48. The van der Waals surface area contributed by atoms with Gasteiger partial charge in [0.2, 0.25) is 0 Å². The van der Waals surface area contributed by atoms with Gasteiger partial charge < -0.3 is 14.2 Å². The summed E-state index contributed by atoms with van der Waals surface area (Å²) in [6, 6.07) is 2.04. The van der Waals surface area contributed by atoms with Crippen molar-refractivity contribution in [2.45, 2.75) is 17.8 Å². The fraction of sp³-hybridized carbons (Fsp3) is 0.600. The summed E-state index contributed by atoms with van der Waals surface area (Å²) in [7, 11) is 3.17. The summed E-state index contributed by atoms with van der Waals surface area (Å²) in [5, 5.41) is 2.01.